The predicted molar refractivity (Wildman–Crippen MR) is 41.8 cm³/mol. The van der Waals surface area contributed by atoms with Crippen LogP contribution in [0.3, 0.4) is 0 Å². The lowest BCUT2D eigenvalue weighted by molar-refractivity contribution is -1.05. The fourth-order valence-corrected chi connectivity index (χ4v) is 1.02. The van der Waals surface area contributed by atoms with Crippen molar-refractivity contribution < 1.29 is 15.0 Å². The predicted octanol–water partition coefficient (Wildman–Crippen LogP) is 0.658. The lowest BCUT2D eigenvalue weighted by Gasteiger charge is -2.27. The molecule has 0 aromatic rings. The highest BCUT2D eigenvalue weighted by Crippen LogP contribution is 2.17. The van der Waals surface area contributed by atoms with Gasteiger partial charge in [-0.25, -0.2) is 5.21 Å². The highest BCUT2D eigenvalue weighted by atomic mass is 16.5. The average Bonchev–Trinajstić information content (AvgIpc) is 1.95. The number of quaternary nitrogens is 1. The van der Waals surface area contributed by atoms with Crippen molar-refractivity contribution in [2.24, 2.45) is 0 Å². The van der Waals surface area contributed by atoms with Crippen molar-refractivity contribution in [3.05, 3.63) is 23.4 Å². The van der Waals surface area contributed by atoms with Crippen molar-refractivity contribution in [2.75, 3.05) is 20.2 Å². The van der Waals surface area contributed by atoms with Gasteiger partial charge in [0.05, 0.1) is 6.61 Å². The topological polar surface area (TPSA) is 40.5 Å². The van der Waals surface area contributed by atoms with E-state index in [1.54, 1.807) is 7.05 Å². The molecule has 0 saturated heterocycles. The summed E-state index contributed by atoms with van der Waals surface area (Å²) >= 11 is 0. The third-order valence-corrected chi connectivity index (χ3v) is 2.05. The van der Waals surface area contributed by atoms with Crippen molar-refractivity contribution in [3.8, 4) is 0 Å². The van der Waals surface area contributed by atoms with E-state index in [-0.39, 0.29) is 11.3 Å². The first kappa shape index (κ1) is 8.46. The van der Waals surface area contributed by atoms with Crippen molar-refractivity contribution >= 4 is 0 Å². The van der Waals surface area contributed by atoms with Gasteiger partial charge in [-0.1, -0.05) is 0 Å². The second-order valence-electron chi connectivity index (χ2n) is 3.04. The Morgan fingerprint density at radius 2 is 2.27 bits per heavy atom. The molecule has 1 aliphatic heterocycles. The molecule has 1 heterocycles. The van der Waals surface area contributed by atoms with Gasteiger partial charge in [-0.3, -0.25) is 0 Å². The van der Waals surface area contributed by atoms with Crippen molar-refractivity contribution in [2.45, 2.75) is 6.92 Å². The van der Waals surface area contributed by atoms with Crippen LogP contribution < -0.4 is 0 Å². The maximum atomic E-state index is 9.60. The number of aliphatic hydroxyl groups excluding tert-OH is 1. The van der Waals surface area contributed by atoms with Crippen LogP contribution in [0.4, 0.5) is 0 Å². The second-order valence-corrected chi connectivity index (χ2v) is 3.04. The first-order valence-electron chi connectivity index (χ1n) is 3.63. The molecule has 0 bridgehead atoms. The van der Waals surface area contributed by atoms with E-state index < -0.39 is 0 Å². The zero-order valence-corrected chi connectivity index (χ0v) is 6.91. The van der Waals surface area contributed by atoms with E-state index in [1.807, 2.05) is 19.1 Å². The molecule has 3 heteroatoms. The van der Waals surface area contributed by atoms with Gasteiger partial charge in [-0.15, -0.1) is 0 Å². The Kier molecular flexibility index (Phi) is 2.13. The maximum Gasteiger partial charge on any atom is 0.138 e. The number of hydrogen-bond donors (Lipinski definition) is 2. The molecular formula is C8H14NO2+. The summed E-state index contributed by atoms with van der Waals surface area (Å²) in [6.07, 6.45) is 3.65. The van der Waals surface area contributed by atoms with Crippen LogP contribution in [0.5, 0.6) is 0 Å². The number of hydrogen-bond acceptors (Lipinski definition) is 2. The number of aliphatic hydroxyl groups is 1. The van der Waals surface area contributed by atoms with Crippen LogP contribution in [-0.4, -0.2) is 35.2 Å². The number of allylic oxidation sites excluding steroid dienone is 1. The molecule has 1 rings (SSSR count). The van der Waals surface area contributed by atoms with Gasteiger partial charge < -0.3 is 5.11 Å². The monoisotopic (exact) mass is 156 g/mol. The highest BCUT2D eigenvalue weighted by Gasteiger charge is 2.24. The fourth-order valence-electron chi connectivity index (χ4n) is 1.02. The minimum absolute atomic E-state index is 0.0529. The Morgan fingerprint density at radius 3 is 2.73 bits per heavy atom. The van der Waals surface area contributed by atoms with E-state index in [0.717, 1.165) is 11.3 Å². The summed E-state index contributed by atoms with van der Waals surface area (Å²) < 4.78 is -0.0938. The van der Waals surface area contributed by atoms with Gasteiger partial charge in [-0.05, 0) is 11.6 Å². The molecule has 1 unspecified atom stereocenters. The summed E-state index contributed by atoms with van der Waals surface area (Å²) in [7, 11) is 1.72. The van der Waals surface area contributed by atoms with Crippen molar-refractivity contribution in [1.82, 2.24) is 0 Å². The number of likely N-dealkylation sites (N-methyl/N-ethyl adjacent to an activating group) is 1. The van der Waals surface area contributed by atoms with Gasteiger partial charge >= 0.3 is 0 Å². The van der Waals surface area contributed by atoms with Gasteiger partial charge in [-0.2, -0.15) is 4.65 Å². The normalized spacial score (nSPS) is 31.3. The molecule has 0 aromatic carbocycles. The summed E-state index contributed by atoms with van der Waals surface area (Å²) in [5.41, 5.74) is 1.74. The average molecular weight is 156 g/mol. The van der Waals surface area contributed by atoms with E-state index in [9.17, 15) is 5.21 Å². The first-order chi connectivity index (χ1) is 5.06. The van der Waals surface area contributed by atoms with Crippen LogP contribution >= 0.6 is 0 Å². The Labute approximate surface area is 66.4 Å². The molecule has 0 spiro atoms. The van der Waals surface area contributed by atoms with Gasteiger partial charge in [0.2, 0.25) is 0 Å². The minimum Gasteiger partial charge on any atom is -0.392 e. The largest absolute Gasteiger partial charge is 0.392 e. The third-order valence-electron chi connectivity index (χ3n) is 2.05. The molecule has 0 saturated carbocycles. The lowest BCUT2D eigenvalue weighted by Crippen LogP contribution is -2.40. The van der Waals surface area contributed by atoms with E-state index >= 15 is 0 Å². The summed E-state index contributed by atoms with van der Waals surface area (Å²) in [4.78, 5) is 0. The fraction of sp³-hybridized carbons (Fsp3) is 0.500. The number of rotatable bonds is 1. The SMILES string of the molecule is CC1=CC(CO)=CC[N+]1(C)O. The zero-order valence-electron chi connectivity index (χ0n) is 6.91. The van der Waals surface area contributed by atoms with Crippen LogP contribution in [0.25, 0.3) is 0 Å². The van der Waals surface area contributed by atoms with Gasteiger partial charge in [0.15, 0.2) is 0 Å². The Morgan fingerprint density at radius 1 is 1.64 bits per heavy atom. The maximum absolute atomic E-state index is 9.60. The van der Waals surface area contributed by atoms with Crippen molar-refractivity contribution in [3.63, 3.8) is 0 Å². The van der Waals surface area contributed by atoms with E-state index in [2.05, 4.69) is 0 Å². The van der Waals surface area contributed by atoms with Crippen LogP contribution in [-0.2, 0) is 0 Å². The van der Waals surface area contributed by atoms with E-state index in [0.29, 0.717) is 6.54 Å². The van der Waals surface area contributed by atoms with Crippen LogP contribution in [0.1, 0.15) is 6.92 Å². The molecule has 3 nitrogen and oxygen atoms in total. The minimum atomic E-state index is -0.0938. The Bertz CT molecular complexity index is 216. The summed E-state index contributed by atoms with van der Waals surface area (Å²) in [5.74, 6) is 0. The van der Waals surface area contributed by atoms with E-state index in [4.69, 9.17) is 5.11 Å². The van der Waals surface area contributed by atoms with E-state index in [1.165, 1.54) is 0 Å². The molecule has 0 aliphatic carbocycles. The zero-order chi connectivity index (χ0) is 8.48. The molecule has 1 atom stereocenters. The summed E-state index contributed by atoms with van der Waals surface area (Å²) in [6, 6.07) is 0. The Balaban J connectivity index is 2.82. The highest BCUT2D eigenvalue weighted by molar-refractivity contribution is 5.23. The van der Waals surface area contributed by atoms with Crippen LogP contribution in [0.15, 0.2) is 23.4 Å². The standard InChI is InChI=1S/C8H14NO2/c1-7-5-8(6-10)3-4-9(7,2)11/h3,5,10-11H,4,6H2,1-2H3/q+1. The molecule has 0 aromatic heterocycles. The number of hydroxylamine groups is 3. The molecule has 11 heavy (non-hydrogen) atoms. The number of nitrogens with zero attached hydrogens (tertiary/aromatic N) is 1. The lowest BCUT2D eigenvalue weighted by atomic mass is 10.1. The molecule has 62 valence electrons. The molecular weight excluding hydrogens is 142 g/mol. The quantitative estimate of drug-likeness (QED) is 0.547. The summed E-state index contributed by atoms with van der Waals surface area (Å²) in [6.45, 7) is 2.44. The Hall–Kier alpha value is -0.640. The molecule has 0 amide bonds. The first-order valence-corrected chi connectivity index (χ1v) is 3.63. The van der Waals surface area contributed by atoms with Crippen molar-refractivity contribution in [1.29, 1.82) is 0 Å². The smallest absolute Gasteiger partial charge is 0.138 e. The van der Waals surface area contributed by atoms with Gasteiger partial charge in [0.1, 0.15) is 19.3 Å². The van der Waals surface area contributed by atoms with Crippen LogP contribution in [0, 0.1) is 0 Å². The van der Waals surface area contributed by atoms with Crippen LogP contribution in [0.2, 0.25) is 0 Å². The molecule has 0 fully saturated rings. The second kappa shape index (κ2) is 2.77. The molecule has 0 radical (unpaired) electrons. The van der Waals surface area contributed by atoms with Gasteiger partial charge in [0, 0.05) is 13.0 Å². The summed E-state index contributed by atoms with van der Waals surface area (Å²) in [5, 5.41) is 18.4. The third kappa shape index (κ3) is 1.68. The molecule has 1 aliphatic rings. The van der Waals surface area contributed by atoms with Gasteiger partial charge in [0.25, 0.3) is 0 Å². The molecule has 2 N–H and O–H groups in total.